The Morgan fingerprint density at radius 3 is 2.52 bits per heavy atom. The number of amides is 1. The van der Waals surface area contributed by atoms with E-state index in [4.69, 9.17) is 25.8 Å². The van der Waals surface area contributed by atoms with Gasteiger partial charge in [-0.05, 0) is 116 Å². The van der Waals surface area contributed by atoms with Crippen LogP contribution in [0.3, 0.4) is 0 Å². The highest BCUT2D eigenvalue weighted by molar-refractivity contribution is 6.32. The zero-order valence-electron chi connectivity index (χ0n) is 31.7. The Labute approximate surface area is 333 Å². The molecule has 2 fully saturated rings. The highest BCUT2D eigenvalue weighted by Gasteiger charge is 2.29. The highest BCUT2D eigenvalue weighted by atomic mass is 35.5. The molecule has 0 saturated carbocycles. The third-order valence-electron chi connectivity index (χ3n) is 11.0. The van der Waals surface area contributed by atoms with Crippen LogP contribution in [0.15, 0.2) is 66.7 Å². The van der Waals surface area contributed by atoms with Gasteiger partial charge in [0.2, 0.25) is 5.91 Å². The molecule has 3 aliphatic rings. The lowest BCUT2D eigenvalue weighted by molar-refractivity contribution is -0.122. The first-order valence-corrected chi connectivity index (χ1v) is 19.9. The van der Waals surface area contributed by atoms with Crippen molar-refractivity contribution in [3.8, 4) is 40.5 Å². The molecule has 0 spiro atoms. The number of hydrogen-bond donors (Lipinski definition) is 2. The number of benzene rings is 4. The molecule has 9 nitrogen and oxygen atoms in total. The lowest BCUT2D eigenvalue weighted by Crippen LogP contribution is -2.45. The third-order valence-corrected chi connectivity index (χ3v) is 11.3. The Kier molecular flexibility index (Phi) is 12.7. The molecule has 56 heavy (non-hydrogen) atoms. The molecule has 4 aromatic carbocycles. The normalized spacial score (nSPS) is 19.4. The van der Waals surface area contributed by atoms with E-state index in [2.05, 4.69) is 58.9 Å². The van der Waals surface area contributed by atoms with Crippen LogP contribution in [0.25, 0.3) is 11.1 Å². The number of nitrogens with zero attached hydrogens (tertiary/aromatic N) is 3. The van der Waals surface area contributed by atoms with E-state index in [0.717, 1.165) is 78.8 Å². The largest absolute Gasteiger partial charge is 0.493 e. The molecule has 0 aromatic heterocycles. The van der Waals surface area contributed by atoms with Gasteiger partial charge < -0.3 is 29.7 Å². The van der Waals surface area contributed by atoms with Gasteiger partial charge in [-0.25, -0.2) is 4.39 Å². The monoisotopic (exact) mass is 775 g/mol. The molecule has 2 saturated heterocycles. The van der Waals surface area contributed by atoms with E-state index in [1.54, 1.807) is 18.2 Å². The van der Waals surface area contributed by atoms with Crippen LogP contribution in [0.2, 0.25) is 5.02 Å². The molecule has 4 aromatic rings. The zero-order chi connectivity index (χ0) is 39.0. The predicted molar refractivity (Wildman–Crippen MR) is 214 cm³/mol. The van der Waals surface area contributed by atoms with Crippen molar-refractivity contribution in [3.05, 3.63) is 111 Å². The number of alkyl halides is 1. The molecule has 2 aliphatic heterocycles. The van der Waals surface area contributed by atoms with Gasteiger partial charge in [-0.15, -0.1) is 0 Å². The second kappa shape index (κ2) is 18.2. The van der Waals surface area contributed by atoms with Gasteiger partial charge in [0.1, 0.15) is 36.1 Å². The minimum atomic E-state index is -0.719. The number of piperidine rings is 2. The molecule has 7 rings (SSSR count). The number of fused-ring (bicyclic) bond motifs is 1. The molecule has 1 amide bonds. The summed E-state index contributed by atoms with van der Waals surface area (Å²) in [5, 5.41) is 25.9. The number of likely N-dealkylation sites (tertiary alicyclic amines) is 1. The molecule has 2 heterocycles. The fourth-order valence-corrected chi connectivity index (χ4v) is 8.28. The van der Waals surface area contributed by atoms with E-state index in [1.807, 2.05) is 24.3 Å². The number of halogens is 2. The molecule has 290 valence electrons. The number of carbonyl (C=O) groups is 1. The SMILES string of the molecule is Cc1c(OCCCN2CCC[C@@H](F)C2)cccc1-c1cccc2c1CC[C@@H]2Oc1cc(OCc2cc(C#N)cc(C#N)c2)c(CN[C@H]2CCC(=O)NC2)cc1Cl. The molecule has 11 heteroatoms. The van der Waals surface area contributed by atoms with Crippen molar-refractivity contribution in [2.45, 2.75) is 83.3 Å². The first kappa shape index (κ1) is 39.1. The maximum atomic E-state index is 13.8. The number of rotatable bonds is 14. The lowest BCUT2D eigenvalue weighted by Gasteiger charge is -2.28. The van der Waals surface area contributed by atoms with E-state index in [0.29, 0.717) is 72.3 Å². The summed E-state index contributed by atoms with van der Waals surface area (Å²) >= 11 is 6.94. The highest BCUT2D eigenvalue weighted by Crippen LogP contribution is 2.44. The van der Waals surface area contributed by atoms with Crippen LogP contribution in [0.4, 0.5) is 4.39 Å². The molecule has 0 bridgehead atoms. The van der Waals surface area contributed by atoms with Gasteiger partial charge in [-0.3, -0.25) is 4.79 Å². The Bertz CT molecular complexity index is 2110. The number of nitriles is 2. The van der Waals surface area contributed by atoms with E-state index in [9.17, 15) is 19.7 Å². The Morgan fingerprint density at radius 2 is 1.75 bits per heavy atom. The lowest BCUT2D eigenvalue weighted by atomic mass is 9.93. The average molecular weight is 776 g/mol. The first-order chi connectivity index (χ1) is 27.3. The number of ether oxygens (including phenoxy) is 3. The van der Waals surface area contributed by atoms with Gasteiger partial charge in [0.25, 0.3) is 0 Å². The van der Waals surface area contributed by atoms with Gasteiger partial charge in [-0.2, -0.15) is 10.5 Å². The number of nitrogens with one attached hydrogen (secondary N) is 2. The van der Waals surface area contributed by atoms with Crippen molar-refractivity contribution in [1.29, 1.82) is 10.5 Å². The summed E-state index contributed by atoms with van der Waals surface area (Å²) < 4.78 is 33.2. The predicted octanol–water partition coefficient (Wildman–Crippen LogP) is 8.28. The van der Waals surface area contributed by atoms with Crippen molar-refractivity contribution in [3.63, 3.8) is 0 Å². The maximum absolute atomic E-state index is 13.8. The number of hydrogen-bond acceptors (Lipinski definition) is 8. The van der Waals surface area contributed by atoms with E-state index in [1.165, 1.54) is 5.56 Å². The van der Waals surface area contributed by atoms with Gasteiger partial charge in [0.15, 0.2) is 0 Å². The third kappa shape index (κ3) is 9.45. The fourth-order valence-electron chi connectivity index (χ4n) is 8.05. The van der Waals surface area contributed by atoms with Crippen LogP contribution in [0.5, 0.6) is 17.2 Å². The smallest absolute Gasteiger partial charge is 0.220 e. The second-order valence-electron chi connectivity index (χ2n) is 14.9. The fraction of sp³-hybridized carbons (Fsp3) is 0.400. The maximum Gasteiger partial charge on any atom is 0.220 e. The second-order valence-corrected chi connectivity index (χ2v) is 15.3. The Balaban J connectivity index is 1.08. The van der Waals surface area contributed by atoms with Gasteiger partial charge in [0.05, 0.1) is 34.9 Å². The van der Waals surface area contributed by atoms with Gasteiger partial charge in [0, 0.05) is 50.3 Å². The van der Waals surface area contributed by atoms with Crippen molar-refractivity contribution >= 4 is 17.5 Å². The van der Waals surface area contributed by atoms with Crippen molar-refractivity contribution in [1.82, 2.24) is 15.5 Å². The molecule has 3 atom stereocenters. The Hall–Kier alpha value is -5.13. The summed E-state index contributed by atoms with van der Waals surface area (Å²) in [7, 11) is 0. The van der Waals surface area contributed by atoms with Crippen LogP contribution in [-0.4, -0.2) is 55.8 Å². The van der Waals surface area contributed by atoms with Crippen LogP contribution < -0.4 is 24.8 Å². The topological polar surface area (TPSA) is 120 Å². The molecule has 2 N–H and O–H groups in total. The number of carbonyl (C=O) groups excluding carboxylic acids is 1. The zero-order valence-corrected chi connectivity index (χ0v) is 32.5. The quantitative estimate of drug-likeness (QED) is 0.123. The first-order valence-electron chi connectivity index (χ1n) is 19.5. The summed E-state index contributed by atoms with van der Waals surface area (Å²) in [6, 6.07) is 25.6. The van der Waals surface area contributed by atoms with Crippen molar-refractivity contribution in [2.75, 3.05) is 32.8 Å². The summed E-state index contributed by atoms with van der Waals surface area (Å²) in [4.78, 5) is 13.9. The summed E-state index contributed by atoms with van der Waals surface area (Å²) in [5.41, 5.74) is 8.01. The van der Waals surface area contributed by atoms with Gasteiger partial charge in [-0.1, -0.05) is 41.9 Å². The van der Waals surface area contributed by atoms with Crippen molar-refractivity contribution in [2.24, 2.45) is 0 Å². The molecular weight excluding hydrogens is 729 g/mol. The average Bonchev–Trinajstić information content (AvgIpc) is 3.62. The molecule has 0 unspecified atom stereocenters. The summed E-state index contributed by atoms with van der Waals surface area (Å²) in [5.74, 6) is 1.98. The minimum absolute atomic E-state index is 0.0558. The van der Waals surface area contributed by atoms with E-state index in [-0.39, 0.29) is 24.7 Å². The van der Waals surface area contributed by atoms with Crippen LogP contribution in [0, 0.1) is 29.6 Å². The van der Waals surface area contributed by atoms with Crippen molar-refractivity contribution < 1.29 is 23.4 Å². The molecule has 0 radical (unpaired) electrons. The van der Waals surface area contributed by atoms with E-state index >= 15 is 0 Å². The Morgan fingerprint density at radius 1 is 0.946 bits per heavy atom. The molecular formula is C45H47ClFN5O4. The minimum Gasteiger partial charge on any atom is -0.493 e. The molecule has 1 aliphatic carbocycles. The van der Waals surface area contributed by atoms with Crippen LogP contribution >= 0.6 is 11.6 Å². The van der Waals surface area contributed by atoms with Gasteiger partial charge >= 0.3 is 0 Å². The van der Waals surface area contributed by atoms with Crippen LogP contribution in [-0.2, 0) is 24.4 Å². The van der Waals surface area contributed by atoms with E-state index < -0.39 is 6.17 Å². The summed E-state index contributed by atoms with van der Waals surface area (Å²) in [6.45, 7) is 6.12. The standard InChI is InChI=1S/C45H47ClFN5O4/c1-29-36(7-3-10-41(29)54-17-5-16-52-15-4-6-34(47)27-52)37-8-2-9-39-38(37)12-13-42(39)56-44-22-43(55-28-32-19-30(23-48)18-31(20-32)24-49)33(21-40(44)46)25-50-35-11-14-45(53)51-26-35/h2-3,7-10,18-22,34-35,42,50H,4-6,11-17,25-28H2,1H3,(H,51,53)/t34-,35+,42+/m1/s1. The van der Waals surface area contributed by atoms with Crippen LogP contribution in [0.1, 0.15) is 83.6 Å². The summed E-state index contributed by atoms with van der Waals surface area (Å²) in [6.07, 6.45) is 4.30.